The maximum atomic E-state index is 12.9. The van der Waals surface area contributed by atoms with Gasteiger partial charge in [0.05, 0.1) is 17.6 Å². The molecule has 0 aliphatic carbocycles. The number of piperazine rings is 1. The molecule has 3 aromatic rings. The Morgan fingerprint density at radius 3 is 2.32 bits per heavy atom. The number of nitrogens with zero attached hydrogens (tertiary/aromatic N) is 3. The predicted molar refractivity (Wildman–Crippen MR) is 129 cm³/mol. The number of amides is 1. The van der Waals surface area contributed by atoms with Crippen molar-refractivity contribution in [3.05, 3.63) is 60.3 Å². The fourth-order valence-corrected chi connectivity index (χ4v) is 5.57. The van der Waals surface area contributed by atoms with E-state index in [0.717, 1.165) is 25.2 Å². The first-order valence-electron chi connectivity index (χ1n) is 11.1. The van der Waals surface area contributed by atoms with Crippen molar-refractivity contribution >= 4 is 38.5 Å². The van der Waals surface area contributed by atoms with Crippen molar-refractivity contribution in [2.45, 2.75) is 18.4 Å². The van der Waals surface area contributed by atoms with Crippen LogP contribution in [-0.2, 0) is 26.1 Å². The van der Waals surface area contributed by atoms with E-state index in [1.165, 1.54) is 23.5 Å². The number of benzene rings is 2. The molecule has 0 spiro atoms. The van der Waals surface area contributed by atoms with E-state index in [1.54, 1.807) is 29.0 Å². The van der Waals surface area contributed by atoms with Gasteiger partial charge in [-0.2, -0.15) is 4.31 Å². The molecule has 1 saturated heterocycles. The quantitative estimate of drug-likeness (QED) is 0.517. The molecule has 1 aliphatic heterocycles. The second-order valence-corrected chi connectivity index (χ2v) is 10.0. The fraction of sp³-hybridized carbons (Fsp3) is 0.333. The van der Waals surface area contributed by atoms with Gasteiger partial charge >= 0.3 is 5.97 Å². The van der Waals surface area contributed by atoms with Crippen molar-refractivity contribution in [1.82, 2.24) is 13.8 Å². The maximum Gasteiger partial charge on any atom is 0.340 e. The van der Waals surface area contributed by atoms with Crippen molar-refractivity contribution in [1.29, 1.82) is 0 Å². The van der Waals surface area contributed by atoms with E-state index in [0.29, 0.717) is 29.7 Å². The lowest BCUT2D eigenvalue weighted by atomic mass is 10.2. The highest BCUT2D eigenvalue weighted by atomic mass is 32.2. The molecule has 9 nitrogen and oxygen atoms in total. The summed E-state index contributed by atoms with van der Waals surface area (Å²) in [4.78, 5) is 27.2. The Balaban J connectivity index is 1.44. The molecule has 0 bridgehead atoms. The molecule has 1 aliphatic rings. The molecule has 10 heteroatoms. The number of rotatable bonds is 7. The lowest BCUT2D eigenvalue weighted by Gasteiger charge is -2.33. The Labute approximate surface area is 198 Å². The van der Waals surface area contributed by atoms with Crippen LogP contribution in [0.1, 0.15) is 17.3 Å². The van der Waals surface area contributed by atoms with Gasteiger partial charge in [-0.25, -0.2) is 13.2 Å². The summed E-state index contributed by atoms with van der Waals surface area (Å²) in [5.41, 5.74) is 1.62. The highest BCUT2D eigenvalue weighted by Crippen LogP contribution is 2.23. The molecule has 1 amide bonds. The van der Waals surface area contributed by atoms with Gasteiger partial charge in [0, 0.05) is 49.0 Å². The average Bonchev–Trinajstić information content (AvgIpc) is 3.22. The minimum Gasteiger partial charge on any atom is -0.465 e. The molecule has 0 unspecified atom stereocenters. The van der Waals surface area contributed by atoms with Crippen LogP contribution < -0.4 is 5.32 Å². The SMILES string of the molecule is CCN1CCN(S(=O)(=O)c2ccc(NC(=O)Cn3cc(C(=O)OC)c4ccccc43)cc2)CC1. The molecule has 1 fully saturated rings. The number of ether oxygens (including phenoxy) is 1. The van der Waals surface area contributed by atoms with Gasteiger partial charge < -0.3 is 19.5 Å². The first-order chi connectivity index (χ1) is 16.3. The molecule has 2 aromatic carbocycles. The standard InChI is InChI=1S/C24H28N4O5S/c1-3-26-12-14-28(15-13-26)34(31,32)19-10-8-18(9-11-19)25-23(29)17-27-16-21(24(30)33-2)20-6-4-5-7-22(20)27/h4-11,16H,3,12-15,17H2,1-2H3,(H,25,29). The number of aromatic nitrogens is 1. The second-order valence-electron chi connectivity index (χ2n) is 8.09. The van der Waals surface area contributed by atoms with Gasteiger partial charge in [0.15, 0.2) is 0 Å². The molecule has 1 N–H and O–H groups in total. The Hall–Kier alpha value is -3.21. The number of anilines is 1. The van der Waals surface area contributed by atoms with E-state index in [2.05, 4.69) is 17.1 Å². The number of hydrogen-bond acceptors (Lipinski definition) is 6. The number of sulfonamides is 1. The van der Waals surface area contributed by atoms with Gasteiger partial charge in [-0.1, -0.05) is 25.1 Å². The summed E-state index contributed by atoms with van der Waals surface area (Å²) >= 11 is 0. The zero-order valence-electron chi connectivity index (χ0n) is 19.2. The van der Waals surface area contributed by atoms with Crippen LogP contribution in [0, 0.1) is 0 Å². The number of para-hydroxylation sites is 1. The van der Waals surface area contributed by atoms with E-state index >= 15 is 0 Å². The Morgan fingerprint density at radius 2 is 1.68 bits per heavy atom. The third kappa shape index (κ3) is 4.84. The molecule has 4 rings (SSSR count). The van der Waals surface area contributed by atoms with Crippen LogP contribution in [-0.4, -0.2) is 73.9 Å². The number of esters is 1. The smallest absolute Gasteiger partial charge is 0.340 e. The Bertz CT molecular complexity index is 1290. The number of methoxy groups -OCH3 is 1. The number of hydrogen-bond donors (Lipinski definition) is 1. The third-order valence-corrected chi connectivity index (χ3v) is 7.98. The number of carbonyl (C=O) groups is 2. The Morgan fingerprint density at radius 1 is 1.00 bits per heavy atom. The number of likely N-dealkylation sites (N-methyl/N-ethyl adjacent to an activating group) is 1. The normalized spacial score (nSPS) is 15.4. The van der Waals surface area contributed by atoms with Crippen LogP contribution >= 0.6 is 0 Å². The molecular weight excluding hydrogens is 456 g/mol. The molecule has 2 heterocycles. The highest BCUT2D eigenvalue weighted by molar-refractivity contribution is 7.89. The van der Waals surface area contributed by atoms with Crippen molar-refractivity contribution in [2.24, 2.45) is 0 Å². The summed E-state index contributed by atoms with van der Waals surface area (Å²) in [6, 6.07) is 13.5. The van der Waals surface area contributed by atoms with Gasteiger partial charge in [0.2, 0.25) is 15.9 Å². The molecule has 0 atom stereocenters. The second kappa shape index (κ2) is 9.96. The van der Waals surface area contributed by atoms with Gasteiger partial charge in [0.25, 0.3) is 0 Å². The minimum absolute atomic E-state index is 0.0146. The summed E-state index contributed by atoms with van der Waals surface area (Å²) < 4.78 is 33.9. The molecular formula is C24H28N4O5S. The van der Waals surface area contributed by atoms with Gasteiger partial charge in [-0.3, -0.25) is 4.79 Å². The average molecular weight is 485 g/mol. The summed E-state index contributed by atoms with van der Waals surface area (Å²) in [5, 5.41) is 3.49. The van der Waals surface area contributed by atoms with E-state index in [-0.39, 0.29) is 17.3 Å². The summed E-state index contributed by atoms with van der Waals surface area (Å²) in [6.45, 7) is 5.32. The van der Waals surface area contributed by atoms with Crippen LogP contribution in [0.25, 0.3) is 10.9 Å². The largest absolute Gasteiger partial charge is 0.465 e. The Kier molecular flexibility index (Phi) is 7.01. The summed E-state index contributed by atoms with van der Waals surface area (Å²) in [5.74, 6) is -0.772. The zero-order valence-corrected chi connectivity index (χ0v) is 20.0. The molecule has 34 heavy (non-hydrogen) atoms. The number of carbonyl (C=O) groups excluding carboxylic acids is 2. The number of fused-ring (bicyclic) bond motifs is 1. The van der Waals surface area contributed by atoms with Gasteiger partial charge in [-0.15, -0.1) is 0 Å². The highest BCUT2D eigenvalue weighted by Gasteiger charge is 2.28. The van der Waals surface area contributed by atoms with E-state index in [4.69, 9.17) is 4.74 Å². The topological polar surface area (TPSA) is 101 Å². The molecule has 0 radical (unpaired) electrons. The van der Waals surface area contributed by atoms with E-state index < -0.39 is 16.0 Å². The van der Waals surface area contributed by atoms with Crippen molar-refractivity contribution in [3.8, 4) is 0 Å². The zero-order chi connectivity index (χ0) is 24.3. The van der Waals surface area contributed by atoms with Crippen molar-refractivity contribution < 1.29 is 22.7 Å². The third-order valence-electron chi connectivity index (χ3n) is 6.06. The first-order valence-corrected chi connectivity index (χ1v) is 12.6. The molecule has 180 valence electrons. The van der Waals surface area contributed by atoms with Crippen LogP contribution in [0.3, 0.4) is 0 Å². The summed E-state index contributed by atoms with van der Waals surface area (Å²) in [6.07, 6.45) is 1.60. The minimum atomic E-state index is -3.57. The number of nitrogens with one attached hydrogen (secondary N) is 1. The lowest BCUT2D eigenvalue weighted by Crippen LogP contribution is -2.48. The van der Waals surface area contributed by atoms with Crippen LogP contribution in [0.2, 0.25) is 0 Å². The summed E-state index contributed by atoms with van der Waals surface area (Å²) in [7, 11) is -2.26. The van der Waals surface area contributed by atoms with Crippen molar-refractivity contribution in [2.75, 3.05) is 45.2 Å². The van der Waals surface area contributed by atoms with Gasteiger partial charge in [-0.05, 0) is 36.9 Å². The fourth-order valence-electron chi connectivity index (χ4n) is 4.15. The first kappa shape index (κ1) is 23.9. The van der Waals surface area contributed by atoms with Gasteiger partial charge in [0.1, 0.15) is 6.54 Å². The molecule has 1 aromatic heterocycles. The van der Waals surface area contributed by atoms with Crippen LogP contribution in [0.5, 0.6) is 0 Å². The van der Waals surface area contributed by atoms with Crippen LogP contribution in [0.4, 0.5) is 5.69 Å². The van der Waals surface area contributed by atoms with Crippen molar-refractivity contribution in [3.63, 3.8) is 0 Å². The maximum absolute atomic E-state index is 12.9. The van der Waals surface area contributed by atoms with E-state index in [9.17, 15) is 18.0 Å². The lowest BCUT2D eigenvalue weighted by molar-refractivity contribution is -0.116. The monoisotopic (exact) mass is 484 g/mol. The molecule has 0 saturated carbocycles. The van der Waals surface area contributed by atoms with Crippen LogP contribution in [0.15, 0.2) is 59.6 Å². The van der Waals surface area contributed by atoms with E-state index in [1.807, 2.05) is 18.2 Å². The predicted octanol–water partition coefficient (Wildman–Crippen LogP) is 2.39.